The van der Waals surface area contributed by atoms with Crippen LogP contribution in [0.4, 0.5) is 4.39 Å². The molecule has 1 amide bonds. The molecule has 1 heterocycles. The number of hydrogen-bond donors (Lipinski definition) is 2. The highest BCUT2D eigenvalue weighted by Crippen LogP contribution is 2.25. The van der Waals surface area contributed by atoms with Crippen LogP contribution in [0, 0.1) is 5.82 Å². The van der Waals surface area contributed by atoms with Crippen LogP contribution in [0.5, 0.6) is 0 Å². The summed E-state index contributed by atoms with van der Waals surface area (Å²) in [5.74, 6) is -1.20. The number of aromatic amines is 1. The van der Waals surface area contributed by atoms with Crippen LogP contribution in [-0.4, -0.2) is 21.3 Å². The number of amides is 1. The topological polar surface area (TPSA) is 84.7 Å². The predicted molar refractivity (Wildman–Crippen MR) is 62.9 cm³/mol. The van der Waals surface area contributed by atoms with Gasteiger partial charge in [0.25, 0.3) is 5.91 Å². The Morgan fingerprint density at radius 2 is 2.24 bits per heavy atom. The summed E-state index contributed by atoms with van der Waals surface area (Å²) in [6.45, 7) is 0. The number of H-pyrrole nitrogens is 1. The second-order valence-electron chi connectivity index (χ2n) is 3.30. The van der Waals surface area contributed by atoms with Crippen molar-refractivity contribution in [3.63, 3.8) is 0 Å². The van der Waals surface area contributed by atoms with Crippen molar-refractivity contribution in [1.29, 1.82) is 0 Å². The molecule has 0 aliphatic heterocycles. The number of primary amides is 1. The van der Waals surface area contributed by atoms with E-state index in [1.165, 1.54) is 6.07 Å². The van der Waals surface area contributed by atoms with Gasteiger partial charge in [0, 0.05) is 10.9 Å². The molecule has 0 aliphatic carbocycles. The van der Waals surface area contributed by atoms with Crippen molar-refractivity contribution in [1.82, 2.24) is 15.4 Å². The molecule has 0 spiro atoms. The Balaban J connectivity index is 2.61. The second-order valence-corrected chi connectivity index (χ2v) is 3.86. The number of alkyl halides is 1. The standard InChI is InChI=1S/C10H8BrFN4O/c11-4-5-2-1-3-6(7(5)12)8-9(10(13)17)15-16-14-8/h1-3H,4H2,(H2,13,17)(H,14,15,16). The van der Waals surface area contributed by atoms with Gasteiger partial charge in [-0.1, -0.05) is 28.1 Å². The van der Waals surface area contributed by atoms with E-state index in [2.05, 4.69) is 31.3 Å². The lowest BCUT2D eigenvalue weighted by atomic mass is 10.1. The molecule has 1 aromatic carbocycles. The normalized spacial score (nSPS) is 10.5. The van der Waals surface area contributed by atoms with Crippen molar-refractivity contribution in [2.75, 3.05) is 0 Å². The summed E-state index contributed by atoms with van der Waals surface area (Å²) in [5.41, 5.74) is 5.84. The molecule has 0 atom stereocenters. The monoisotopic (exact) mass is 298 g/mol. The lowest BCUT2D eigenvalue weighted by Gasteiger charge is -2.04. The number of nitrogens with one attached hydrogen (secondary N) is 1. The minimum Gasteiger partial charge on any atom is -0.364 e. The first-order chi connectivity index (χ1) is 8.15. The van der Waals surface area contributed by atoms with E-state index in [1.807, 2.05) is 0 Å². The van der Waals surface area contributed by atoms with Gasteiger partial charge in [-0.25, -0.2) is 4.39 Å². The van der Waals surface area contributed by atoms with Gasteiger partial charge in [-0.05, 0) is 11.6 Å². The molecule has 88 valence electrons. The van der Waals surface area contributed by atoms with E-state index in [9.17, 15) is 9.18 Å². The van der Waals surface area contributed by atoms with Crippen LogP contribution in [-0.2, 0) is 5.33 Å². The molecule has 0 unspecified atom stereocenters. The van der Waals surface area contributed by atoms with Gasteiger partial charge in [-0.15, -0.1) is 0 Å². The summed E-state index contributed by atoms with van der Waals surface area (Å²) in [4.78, 5) is 11.1. The maximum atomic E-state index is 14.0. The molecule has 0 bridgehead atoms. The van der Waals surface area contributed by atoms with Crippen molar-refractivity contribution >= 4 is 21.8 Å². The third kappa shape index (κ3) is 2.05. The number of carbonyl (C=O) groups excluding carboxylic acids is 1. The molecule has 0 aliphatic rings. The average molecular weight is 299 g/mol. The number of hydrogen-bond acceptors (Lipinski definition) is 3. The highest BCUT2D eigenvalue weighted by Gasteiger charge is 2.19. The van der Waals surface area contributed by atoms with Crippen LogP contribution < -0.4 is 5.73 Å². The molecular weight excluding hydrogens is 291 g/mol. The van der Waals surface area contributed by atoms with E-state index in [-0.39, 0.29) is 17.0 Å². The van der Waals surface area contributed by atoms with Crippen LogP contribution in [0.2, 0.25) is 0 Å². The van der Waals surface area contributed by atoms with Crippen LogP contribution >= 0.6 is 15.9 Å². The van der Waals surface area contributed by atoms with E-state index in [0.29, 0.717) is 10.9 Å². The molecule has 17 heavy (non-hydrogen) atoms. The first-order valence-electron chi connectivity index (χ1n) is 4.69. The fourth-order valence-corrected chi connectivity index (χ4v) is 1.89. The molecule has 3 N–H and O–H groups in total. The molecule has 1 aromatic heterocycles. The Hall–Kier alpha value is -1.76. The third-order valence-electron chi connectivity index (χ3n) is 2.26. The molecular formula is C10H8BrFN4O. The highest BCUT2D eigenvalue weighted by atomic mass is 79.9. The molecule has 0 saturated carbocycles. The van der Waals surface area contributed by atoms with Crippen LogP contribution in [0.25, 0.3) is 11.3 Å². The molecule has 2 aromatic rings. The summed E-state index contributed by atoms with van der Waals surface area (Å²) in [6, 6.07) is 4.83. The minimum atomic E-state index is -0.752. The number of nitrogens with zero attached hydrogens (tertiary/aromatic N) is 2. The van der Waals surface area contributed by atoms with E-state index in [4.69, 9.17) is 5.73 Å². The first-order valence-corrected chi connectivity index (χ1v) is 5.81. The van der Waals surface area contributed by atoms with Gasteiger partial charge in [-0.3, -0.25) is 4.79 Å². The largest absolute Gasteiger partial charge is 0.364 e. The van der Waals surface area contributed by atoms with Gasteiger partial charge in [0.1, 0.15) is 11.5 Å². The number of rotatable bonds is 3. The number of benzene rings is 1. The van der Waals surface area contributed by atoms with Gasteiger partial charge in [0.15, 0.2) is 5.69 Å². The smallest absolute Gasteiger partial charge is 0.271 e. The van der Waals surface area contributed by atoms with E-state index >= 15 is 0 Å². The lowest BCUT2D eigenvalue weighted by molar-refractivity contribution is 0.0996. The molecule has 7 heteroatoms. The maximum Gasteiger partial charge on any atom is 0.271 e. The Morgan fingerprint density at radius 1 is 1.47 bits per heavy atom. The first kappa shape index (κ1) is 11.7. The highest BCUT2D eigenvalue weighted by molar-refractivity contribution is 9.08. The zero-order chi connectivity index (χ0) is 12.4. The zero-order valence-corrected chi connectivity index (χ0v) is 10.2. The molecule has 5 nitrogen and oxygen atoms in total. The van der Waals surface area contributed by atoms with Gasteiger partial charge in [-0.2, -0.15) is 15.4 Å². The van der Waals surface area contributed by atoms with Gasteiger partial charge < -0.3 is 5.73 Å². The van der Waals surface area contributed by atoms with Crippen LogP contribution in [0.1, 0.15) is 16.1 Å². The Kier molecular flexibility index (Phi) is 3.19. The molecule has 2 rings (SSSR count). The fourth-order valence-electron chi connectivity index (χ4n) is 1.46. The fraction of sp³-hybridized carbons (Fsp3) is 0.100. The van der Waals surface area contributed by atoms with Gasteiger partial charge in [0.2, 0.25) is 0 Å². The van der Waals surface area contributed by atoms with Gasteiger partial charge >= 0.3 is 0 Å². The number of aromatic nitrogens is 3. The number of halogens is 2. The Bertz CT molecular complexity index is 569. The quantitative estimate of drug-likeness (QED) is 0.844. The third-order valence-corrected chi connectivity index (χ3v) is 2.86. The van der Waals surface area contributed by atoms with E-state index in [1.54, 1.807) is 12.1 Å². The van der Waals surface area contributed by atoms with Crippen molar-refractivity contribution in [3.05, 3.63) is 35.3 Å². The van der Waals surface area contributed by atoms with E-state index in [0.717, 1.165) is 0 Å². The zero-order valence-electron chi connectivity index (χ0n) is 8.58. The maximum absolute atomic E-state index is 14.0. The van der Waals surface area contributed by atoms with Gasteiger partial charge in [0.05, 0.1) is 0 Å². The van der Waals surface area contributed by atoms with Crippen molar-refractivity contribution in [2.24, 2.45) is 5.73 Å². The number of carbonyl (C=O) groups is 1. The van der Waals surface area contributed by atoms with Crippen molar-refractivity contribution in [2.45, 2.75) is 5.33 Å². The predicted octanol–water partition coefficient (Wildman–Crippen LogP) is 1.60. The minimum absolute atomic E-state index is 0.0735. The number of nitrogens with two attached hydrogens (primary N) is 1. The summed E-state index contributed by atoms with van der Waals surface area (Å²) < 4.78 is 14.0. The summed E-state index contributed by atoms with van der Waals surface area (Å²) in [7, 11) is 0. The van der Waals surface area contributed by atoms with Crippen LogP contribution in [0.3, 0.4) is 0 Å². The lowest BCUT2D eigenvalue weighted by Crippen LogP contribution is -2.13. The molecule has 0 saturated heterocycles. The van der Waals surface area contributed by atoms with Crippen LogP contribution in [0.15, 0.2) is 18.2 Å². The Labute approximate surface area is 104 Å². The van der Waals surface area contributed by atoms with Crippen molar-refractivity contribution < 1.29 is 9.18 Å². The Morgan fingerprint density at radius 3 is 2.88 bits per heavy atom. The average Bonchev–Trinajstić information content (AvgIpc) is 2.78. The summed E-state index contributed by atoms with van der Waals surface area (Å²) in [6.07, 6.45) is 0. The van der Waals surface area contributed by atoms with Crippen molar-refractivity contribution in [3.8, 4) is 11.3 Å². The van der Waals surface area contributed by atoms with E-state index < -0.39 is 11.7 Å². The second kappa shape index (κ2) is 4.62. The SMILES string of the molecule is NC(=O)c1n[nH]nc1-c1cccc(CBr)c1F. The summed E-state index contributed by atoms with van der Waals surface area (Å²) in [5, 5.41) is 9.99. The summed E-state index contributed by atoms with van der Waals surface area (Å²) >= 11 is 3.18. The molecule has 0 radical (unpaired) electrons. The molecule has 0 fully saturated rings.